The van der Waals surface area contributed by atoms with Gasteiger partial charge < -0.3 is 14.2 Å². The van der Waals surface area contributed by atoms with Crippen molar-refractivity contribution in [1.29, 1.82) is 0 Å². The molecule has 0 saturated heterocycles. The molecule has 3 unspecified atom stereocenters. The Hall–Kier alpha value is 0.0600. The van der Waals surface area contributed by atoms with Crippen LogP contribution in [0.25, 0.3) is 0 Å². The summed E-state index contributed by atoms with van der Waals surface area (Å²) in [6.07, 6.45) is 2.42. The highest BCUT2D eigenvalue weighted by atomic mass is 79.9. The molecule has 1 aromatic rings. The van der Waals surface area contributed by atoms with Gasteiger partial charge in [0, 0.05) is 23.2 Å². The number of rotatable bonds is 8. The molecule has 3 nitrogen and oxygen atoms in total. The molecule has 0 amide bonds. The quantitative estimate of drug-likeness (QED) is 0.540. The Bertz CT molecular complexity index is 331. The summed E-state index contributed by atoms with van der Waals surface area (Å²) in [5, 5.41) is 2.10. The van der Waals surface area contributed by atoms with Crippen LogP contribution in [0.4, 0.5) is 0 Å². The Morgan fingerprint density at radius 3 is 2.89 bits per heavy atom. The fourth-order valence-corrected chi connectivity index (χ4v) is 3.49. The highest BCUT2D eigenvalue weighted by molar-refractivity contribution is 9.09. The van der Waals surface area contributed by atoms with Crippen LogP contribution in [0, 0.1) is 0 Å². The van der Waals surface area contributed by atoms with Crippen molar-refractivity contribution in [2.75, 3.05) is 26.9 Å². The third-order valence-corrected chi connectivity index (χ3v) is 4.87. The minimum Gasteiger partial charge on any atom is -0.382 e. The second-order valence-corrected chi connectivity index (χ2v) is 6.53. The van der Waals surface area contributed by atoms with Gasteiger partial charge in [0.1, 0.15) is 0 Å². The van der Waals surface area contributed by atoms with Crippen molar-refractivity contribution in [1.82, 2.24) is 0 Å². The van der Waals surface area contributed by atoms with E-state index in [1.807, 2.05) is 0 Å². The molecular formula is C13H19BrO3S. The maximum Gasteiger partial charge on any atom is 0.0963 e. The average molecular weight is 335 g/mol. The third-order valence-electron chi connectivity index (χ3n) is 3.04. The van der Waals surface area contributed by atoms with Gasteiger partial charge in [-0.05, 0) is 17.9 Å². The van der Waals surface area contributed by atoms with Crippen molar-refractivity contribution >= 4 is 27.3 Å². The molecule has 0 radical (unpaired) electrons. The third kappa shape index (κ3) is 4.03. The van der Waals surface area contributed by atoms with Gasteiger partial charge in [0.2, 0.25) is 0 Å². The molecule has 3 atom stereocenters. The van der Waals surface area contributed by atoms with Gasteiger partial charge in [0.15, 0.2) is 0 Å². The van der Waals surface area contributed by atoms with Crippen molar-refractivity contribution in [2.24, 2.45) is 0 Å². The van der Waals surface area contributed by atoms with E-state index < -0.39 is 0 Å². The molecular weight excluding hydrogens is 316 g/mol. The molecule has 1 aliphatic carbocycles. The van der Waals surface area contributed by atoms with Crippen molar-refractivity contribution in [2.45, 2.75) is 29.9 Å². The first-order valence-electron chi connectivity index (χ1n) is 6.20. The molecule has 0 aromatic carbocycles. The molecule has 5 heteroatoms. The van der Waals surface area contributed by atoms with E-state index in [9.17, 15) is 0 Å². The highest BCUT2D eigenvalue weighted by Gasteiger charge is 2.41. The molecule has 1 fully saturated rings. The monoisotopic (exact) mass is 334 g/mol. The SMILES string of the molecule is COCCOC1C(Br)CC1OCCc1cccs1. The zero-order valence-corrected chi connectivity index (χ0v) is 12.9. The summed E-state index contributed by atoms with van der Waals surface area (Å²) in [5.74, 6) is 0. The fraction of sp³-hybridized carbons (Fsp3) is 0.692. The molecule has 2 rings (SSSR count). The minimum atomic E-state index is 0.170. The molecule has 1 aliphatic rings. The van der Waals surface area contributed by atoms with E-state index >= 15 is 0 Å². The van der Waals surface area contributed by atoms with Gasteiger partial charge in [-0.1, -0.05) is 22.0 Å². The Kier molecular flexibility index (Phi) is 6.11. The zero-order chi connectivity index (χ0) is 12.8. The molecule has 18 heavy (non-hydrogen) atoms. The van der Waals surface area contributed by atoms with Gasteiger partial charge >= 0.3 is 0 Å². The first-order valence-corrected chi connectivity index (χ1v) is 7.99. The summed E-state index contributed by atoms with van der Waals surface area (Å²) in [6, 6.07) is 4.23. The molecule has 1 heterocycles. The number of hydrogen-bond acceptors (Lipinski definition) is 4. The normalized spacial score (nSPS) is 27.1. The van der Waals surface area contributed by atoms with E-state index in [4.69, 9.17) is 14.2 Å². The lowest BCUT2D eigenvalue weighted by molar-refractivity contribution is -0.126. The Morgan fingerprint density at radius 1 is 1.33 bits per heavy atom. The smallest absolute Gasteiger partial charge is 0.0963 e. The molecule has 0 aliphatic heterocycles. The summed E-state index contributed by atoms with van der Waals surface area (Å²) in [6.45, 7) is 2.04. The second kappa shape index (κ2) is 7.60. The summed E-state index contributed by atoms with van der Waals surface area (Å²) >= 11 is 5.39. The number of methoxy groups -OCH3 is 1. The molecule has 1 aromatic heterocycles. The van der Waals surface area contributed by atoms with Gasteiger partial charge in [-0.25, -0.2) is 0 Å². The Labute approximate surface area is 121 Å². The van der Waals surface area contributed by atoms with Crippen molar-refractivity contribution in [3.63, 3.8) is 0 Å². The van der Waals surface area contributed by atoms with Crippen LogP contribution in [0.2, 0.25) is 0 Å². The molecule has 1 saturated carbocycles. The zero-order valence-electron chi connectivity index (χ0n) is 10.5. The molecule has 0 spiro atoms. The van der Waals surface area contributed by atoms with E-state index in [1.54, 1.807) is 18.4 Å². The predicted molar refractivity (Wildman–Crippen MR) is 76.7 cm³/mol. The van der Waals surface area contributed by atoms with E-state index in [2.05, 4.69) is 33.4 Å². The predicted octanol–water partition coefficient (Wildman–Crippen LogP) is 2.87. The van der Waals surface area contributed by atoms with Crippen LogP contribution in [0.3, 0.4) is 0 Å². The van der Waals surface area contributed by atoms with Crippen molar-refractivity contribution in [3.8, 4) is 0 Å². The number of alkyl halides is 1. The summed E-state index contributed by atoms with van der Waals surface area (Å²) in [5.41, 5.74) is 0. The average Bonchev–Trinajstić information content (AvgIpc) is 2.86. The van der Waals surface area contributed by atoms with Crippen LogP contribution in [-0.2, 0) is 20.6 Å². The van der Waals surface area contributed by atoms with E-state index in [-0.39, 0.29) is 12.2 Å². The second-order valence-electron chi connectivity index (χ2n) is 4.32. The Morgan fingerprint density at radius 2 is 2.22 bits per heavy atom. The first kappa shape index (κ1) is 14.5. The van der Waals surface area contributed by atoms with Crippen molar-refractivity contribution < 1.29 is 14.2 Å². The Balaban J connectivity index is 1.63. The number of ether oxygens (including phenoxy) is 3. The largest absolute Gasteiger partial charge is 0.382 e. The van der Waals surface area contributed by atoms with Gasteiger partial charge in [0.25, 0.3) is 0 Å². The first-order chi connectivity index (χ1) is 8.81. The molecule has 102 valence electrons. The van der Waals surface area contributed by atoms with E-state index in [0.717, 1.165) is 19.4 Å². The maximum atomic E-state index is 5.88. The van der Waals surface area contributed by atoms with Gasteiger partial charge in [-0.3, -0.25) is 0 Å². The van der Waals surface area contributed by atoms with Crippen LogP contribution >= 0.6 is 27.3 Å². The highest BCUT2D eigenvalue weighted by Crippen LogP contribution is 2.33. The maximum absolute atomic E-state index is 5.88. The molecule has 0 bridgehead atoms. The van der Waals surface area contributed by atoms with Crippen LogP contribution < -0.4 is 0 Å². The number of thiophene rings is 1. The van der Waals surface area contributed by atoms with Gasteiger partial charge in [-0.15, -0.1) is 11.3 Å². The summed E-state index contributed by atoms with van der Waals surface area (Å²) in [7, 11) is 1.69. The van der Waals surface area contributed by atoms with Gasteiger partial charge in [-0.2, -0.15) is 0 Å². The van der Waals surface area contributed by atoms with E-state index in [0.29, 0.717) is 18.0 Å². The topological polar surface area (TPSA) is 27.7 Å². The standard InChI is InChI=1S/C13H19BrO3S/c1-15-6-7-17-13-11(14)9-12(13)16-5-4-10-3-2-8-18-10/h2-3,8,11-13H,4-7,9H2,1H3. The van der Waals surface area contributed by atoms with Crippen molar-refractivity contribution in [3.05, 3.63) is 22.4 Å². The van der Waals surface area contributed by atoms with Crippen LogP contribution in [0.5, 0.6) is 0 Å². The minimum absolute atomic E-state index is 0.170. The van der Waals surface area contributed by atoms with Crippen LogP contribution in [-0.4, -0.2) is 44.0 Å². The lowest BCUT2D eigenvalue weighted by Crippen LogP contribution is -2.51. The van der Waals surface area contributed by atoms with E-state index in [1.165, 1.54) is 4.88 Å². The van der Waals surface area contributed by atoms with Crippen LogP contribution in [0.1, 0.15) is 11.3 Å². The summed E-state index contributed by atoms with van der Waals surface area (Å²) < 4.78 is 16.6. The lowest BCUT2D eigenvalue weighted by atomic mass is 9.91. The number of halogens is 1. The van der Waals surface area contributed by atoms with Gasteiger partial charge in [0.05, 0.1) is 32.0 Å². The lowest BCUT2D eigenvalue weighted by Gasteiger charge is -2.40. The molecule has 0 N–H and O–H groups in total. The fourth-order valence-electron chi connectivity index (χ4n) is 1.94. The summed E-state index contributed by atoms with van der Waals surface area (Å²) in [4.78, 5) is 1.79. The number of hydrogen-bond donors (Lipinski definition) is 0. The van der Waals surface area contributed by atoms with Crippen LogP contribution in [0.15, 0.2) is 17.5 Å².